The Balaban J connectivity index is 2.85. The first kappa shape index (κ1) is 17.0. The molecule has 0 saturated heterocycles. The van der Waals surface area contributed by atoms with Crippen LogP contribution in [0.5, 0.6) is 0 Å². The predicted molar refractivity (Wildman–Crippen MR) is 80.9 cm³/mol. The van der Waals surface area contributed by atoms with Gasteiger partial charge < -0.3 is 15.2 Å². The first-order valence-corrected chi connectivity index (χ1v) is 6.86. The zero-order valence-corrected chi connectivity index (χ0v) is 12.6. The number of urea groups is 1. The second kappa shape index (κ2) is 8.26. The molecular formula is C15H22N2O4. The lowest BCUT2D eigenvalue weighted by Gasteiger charge is -2.24. The highest BCUT2D eigenvalue weighted by Crippen LogP contribution is 2.19. The van der Waals surface area contributed by atoms with E-state index < -0.39 is 5.97 Å². The summed E-state index contributed by atoms with van der Waals surface area (Å²) in [5, 5.41) is 12.0. The Labute approximate surface area is 124 Å². The number of hydrogen-bond donors (Lipinski definition) is 2. The van der Waals surface area contributed by atoms with Crippen LogP contribution < -0.4 is 10.2 Å². The zero-order valence-electron chi connectivity index (χ0n) is 12.6. The summed E-state index contributed by atoms with van der Waals surface area (Å²) < 4.78 is 5.08. The van der Waals surface area contributed by atoms with Gasteiger partial charge in [0.1, 0.15) is 0 Å². The number of carboxylic acid groups (broad SMARTS) is 1. The highest BCUT2D eigenvalue weighted by Gasteiger charge is 2.20. The lowest BCUT2D eigenvalue weighted by molar-refractivity contribution is 0.0697. The van der Waals surface area contributed by atoms with Crippen LogP contribution in [0.3, 0.4) is 0 Å². The number of methoxy groups -OCH3 is 1. The summed E-state index contributed by atoms with van der Waals surface area (Å²) in [6, 6.07) is 5.97. The van der Waals surface area contributed by atoms with Crippen molar-refractivity contribution in [1.82, 2.24) is 5.32 Å². The number of carboxylic acids is 1. The molecule has 0 radical (unpaired) electrons. The number of carbonyl (C=O) groups excluding carboxylic acids is 1. The van der Waals surface area contributed by atoms with E-state index in [1.807, 2.05) is 6.92 Å². The molecule has 21 heavy (non-hydrogen) atoms. The third-order valence-corrected chi connectivity index (χ3v) is 3.13. The molecular weight excluding hydrogens is 272 g/mol. The zero-order chi connectivity index (χ0) is 15.8. The van der Waals surface area contributed by atoms with Crippen LogP contribution >= 0.6 is 0 Å². The summed E-state index contributed by atoms with van der Waals surface area (Å²) in [7, 11) is 3.13. The van der Waals surface area contributed by atoms with Crippen LogP contribution in [0, 0.1) is 0 Å². The lowest BCUT2D eigenvalue weighted by atomic mass is 10.1. The van der Waals surface area contributed by atoms with Crippen molar-refractivity contribution in [2.75, 3.05) is 25.7 Å². The van der Waals surface area contributed by atoms with Gasteiger partial charge in [0.15, 0.2) is 0 Å². The molecule has 116 valence electrons. The molecule has 1 rings (SSSR count). The fourth-order valence-corrected chi connectivity index (χ4v) is 2.07. The van der Waals surface area contributed by atoms with Gasteiger partial charge in [-0.25, -0.2) is 9.59 Å². The van der Waals surface area contributed by atoms with E-state index in [1.54, 1.807) is 32.4 Å². The number of para-hydroxylation sites is 1. The maximum absolute atomic E-state index is 12.2. The first-order valence-electron chi connectivity index (χ1n) is 6.86. The predicted octanol–water partition coefficient (Wildman–Crippen LogP) is 2.35. The molecule has 0 spiro atoms. The number of amides is 2. The van der Waals surface area contributed by atoms with Gasteiger partial charge in [0.05, 0.1) is 23.9 Å². The maximum Gasteiger partial charge on any atom is 0.337 e. The van der Waals surface area contributed by atoms with Crippen LogP contribution in [-0.4, -0.2) is 43.9 Å². The van der Waals surface area contributed by atoms with Gasteiger partial charge in [0.2, 0.25) is 0 Å². The molecule has 2 N–H and O–H groups in total. The Kier molecular flexibility index (Phi) is 6.68. The number of ether oxygens (including phenoxy) is 1. The fraction of sp³-hybridized carbons (Fsp3) is 0.467. The van der Waals surface area contributed by atoms with Crippen molar-refractivity contribution in [2.45, 2.75) is 25.8 Å². The standard InChI is InChI=1S/C15H22N2O4/c1-4-7-11(10-21-3)16-15(20)17(2)13-9-6-5-8-12(13)14(18)19/h5-6,8-9,11H,4,7,10H2,1-3H3,(H,16,20)(H,18,19). The van der Waals surface area contributed by atoms with E-state index in [2.05, 4.69) is 5.32 Å². The Hall–Kier alpha value is -2.08. The van der Waals surface area contributed by atoms with Gasteiger partial charge in [-0.2, -0.15) is 0 Å². The average molecular weight is 294 g/mol. The summed E-state index contributed by atoms with van der Waals surface area (Å²) in [6.07, 6.45) is 1.72. The number of carbonyl (C=O) groups is 2. The minimum atomic E-state index is -1.06. The van der Waals surface area contributed by atoms with Gasteiger partial charge in [-0.1, -0.05) is 25.5 Å². The van der Waals surface area contributed by atoms with Crippen LogP contribution in [0.25, 0.3) is 0 Å². The van der Waals surface area contributed by atoms with Gasteiger partial charge in [0.25, 0.3) is 0 Å². The summed E-state index contributed by atoms with van der Waals surface area (Å²) in [4.78, 5) is 24.7. The van der Waals surface area contributed by atoms with E-state index in [0.717, 1.165) is 12.8 Å². The number of aromatic carboxylic acids is 1. The molecule has 0 aliphatic heterocycles. The molecule has 0 bridgehead atoms. The van der Waals surface area contributed by atoms with E-state index in [0.29, 0.717) is 12.3 Å². The average Bonchev–Trinajstić information content (AvgIpc) is 2.46. The number of nitrogens with zero attached hydrogens (tertiary/aromatic N) is 1. The van der Waals surface area contributed by atoms with E-state index >= 15 is 0 Å². The molecule has 0 aromatic heterocycles. The van der Waals surface area contributed by atoms with Crippen molar-refractivity contribution in [1.29, 1.82) is 0 Å². The Morgan fingerprint density at radius 3 is 2.62 bits per heavy atom. The van der Waals surface area contributed by atoms with Gasteiger partial charge >= 0.3 is 12.0 Å². The molecule has 1 aromatic rings. The van der Waals surface area contributed by atoms with E-state index in [1.165, 1.54) is 11.0 Å². The molecule has 0 aliphatic rings. The van der Waals surface area contributed by atoms with Crippen LogP contribution in [0.15, 0.2) is 24.3 Å². The van der Waals surface area contributed by atoms with Crippen molar-refractivity contribution in [3.8, 4) is 0 Å². The minimum absolute atomic E-state index is 0.0908. The molecule has 1 unspecified atom stereocenters. The molecule has 1 aromatic carbocycles. The number of nitrogens with one attached hydrogen (secondary N) is 1. The molecule has 2 amide bonds. The van der Waals surface area contributed by atoms with Crippen molar-refractivity contribution < 1.29 is 19.4 Å². The molecule has 0 aliphatic carbocycles. The highest BCUT2D eigenvalue weighted by atomic mass is 16.5. The van der Waals surface area contributed by atoms with Crippen molar-refractivity contribution in [3.05, 3.63) is 29.8 Å². The molecule has 0 saturated carbocycles. The topological polar surface area (TPSA) is 78.9 Å². The Bertz CT molecular complexity index is 484. The third kappa shape index (κ3) is 4.75. The van der Waals surface area contributed by atoms with Crippen molar-refractivity contribution >= 4 is 17.7 Å². The quantitative estimate of drug-likeness (QED) is 0.809. The smallest absolute Gasteiger partial charge is 0.337 e. The second-order valence-corrected chi connectivity index (χ2v) is 4.77. The van der Waals surface area contributed by atoms with Gasteiger partial charge in [-0.3, -0.25) is 4.90 Å². The fourth-order valence-electron chi connectivity index (χ4n) is 2.07. The molecule has 6 nitrogen and oxygen atoms in total. The molecule has 1 atom stereocenters. The Morgan fingerprint density at radius 1 is 1.38 bits per heavy atom. The summed E-state index contributed by atoms with van der Waals surface area (Å²) >= 11 is 0. The van der Waals surface area contributed by atoms with E-state index in [-0.39, 0.29) is 17.6 Å². The molecule has 0 fully saturated rings. The Morgan fingerprint density at radius 2 is 2.05 bits per heavy atom. The summed E-state index contributed by atoms with van der Waals surface area (Å²) in [5.74, 6) is -1.06. The van der Waals surface area contributed by atoms with Crippen LogP contribution in [0.2, 0.25) is 0 Å². The number of hydrogen-bond acceptors (Lipinski definition) is 3. The van der Waals surface area contributed by atoms with E-state index in [4.69, 9.17) is 9.84 Å². The molecule has 0 heterocycles. The summed E-state index contributed by atoms with van der Waals surface area (Å²) in [6.45, 7) is 2.45. The van der Waals surface area contributed by atoms with Gasteiger partial charge in [0, 0.05) is 14.2 Å². The normalized spacial score (nSPS) is 11.8. The van der Waals surface area contributed by atoms with Gasteiger partial charge in [-0.15, -0.1) is 0 Å². The first-order chi connectivity index (χ1) is 10.0. The second-order valence-electron chi connectivity index (χ2n) is 4.77. The van der Waals surface area contributed by atoms with Gasteiger partial charge in [-0.05, 0) is 18.6 Å². The SMILES string of the molecule is CCCC(COC)NC(=O)N(C)c1ccccc1C(=O)O. The maximum atomic E-state index is 12.2. The number of benzene rings is 1. The number of rotatable bonds is 7. The largest absolute Gasteiger partial charge is 0.478 e. The van der Waals surface area contributed by atoms with Crippen molar-refractivity contribution in [3.63, 3.8) is 0 Å². The van der Waals surface area contributed by atoms with Crippen molar-refractivity contribution in [2.24, 2.45) is 0 Å². The van der Waals surface area contributed by atoms with Crippen LogP contribution in [0.4, 0.5) is 10.5 Å². The monoisotopic (exact) mass is 294 g/mol. The third-order valence-electron chi connectivity index (χ3n) is 3.13. The lowest BCUT2D eigenvalue weighted by Crippen LogP contribution is -2.45. The number of anilines is 1. The van der Waals surface area contributed by atoms with Crippen LogP contribution in [-0.2, 0) is 4.74 Å². The van der Waals surface area contributed by atoms with Crippen LogP contribution in [0.1, 0.15) is 30.1 Å². The minimum Gasteiger partial charge on any atom is -0.478 e. The van der Waals surface area contributed by atoms with E-state index in [9.17, 15) is 9.59 Å². The molecule has 6 heteroatoms. The highest BCUT2D eigenvalue weighted by molar-refractivity contribution is 6.01. The summed E-state index contributed by atoms with van der Waals surface area (Å²) in [5.41, 5.74) is 0.448.